The molecule has 1 saturated heterocycles. The molecule has 0 aromatic heterocycles. The van der Waals surface area contributed by atoms with Gasteiger partial charge < -0.3 is 15.2 Å². The molecular weight excluding hydrogens is 256 g/mol. The second-order valence-electron chi connectivity index (χ2n) is 6.18. The van der Waals surface area contributed by atoms with Crippen molar-refractivity contribution in [1.82, 2.24) is 4.90 Å². The second-order valence-corrected chi connectivity index (χ2v) is 6.18. The Bertz CT molecular complexity index is 333. The van der Waals surface area contributed by atoms with Crippen LogP contribution >= 0.6 is 0 Å². The molecule has 0 aromatic carbocycles. The standard InChI is InChI=1S/C15H28N2O3/c1-3-9-20-13-5-4-8-17(10-13)11-15(16,12-6-7-12)14(18)19-2/h12-13H,3-11,16H2,1-2H3. The van der Waals surface area contributed by atoms with Gasteiger partial charge in [0.2, 0.25) is 0 Å². The minimum absolute atomic E-state index is 0.267. The van der Waals surface area contributed by atoms with Crippen LogP contribution in [0.15, 0.2) is 0 Å². The van der Waals surface area contributed by atoms with Gasteiger partial charge in [0.05, 0.1) is 13.2 Å². The summed E-state index contributed by atoms with van der Waals surface area (Å²) in [5.74, 6) is 0.0171. The van der Waals surface area contributed by atoms with E-state index in [2.05, 4.69) is 11.8 Å². The Morgan fingerprint density at radius 3 is 2.75 bits per heavy atom. The van der Waals surface area contributed by atoms with Crippen LogP contribution in [0.2, 0.25) is 0 Å². The Morgan fingerprint density at radius 1 is 1.40 bits per heavy atom. The van der Waals surface area contributed by atoms with Gasteiger partial charge >= 0.3 is 5.97 Å². The van der Waals surface area contributed by atoms with E-state index in [1.165, 1.54) is 7.11 Å². The van der Waals surface area contributed by atoms with Crippen LogP contribution in [-0.4, -0.2) is 55.9 Å². The van der Waals surface area contributed by atoms with E-state index in [-0.39, 0.29) is 18.0 Å². The van der Waals surface area contributed by atoms with Crippen LogP contribution in [0.4, 0.5) is 0 Å². The first-order chi connectivity index (χ1) is 9.60. The lowest BCUT2D eigenvalue weighted by Crippen LogP contribution is -2.60. The summed E-state index contributed by atoms with van der Waals surface area (Å²) >= 11 is 0. The predicted octanol–water partition coefficient (Wildman–Crippen LogP) is 1.16. The fraction of sp³-hybridized carbons (Fsp3) is 0.933. The van der Waals surface area contributed by atoms with Crippen LogP contribution in [-0.2, 0) is 14.3 Å². The Hall–Kier alpha value is -0.650. The quantitative estimate of drug-likeness (QED) is 0.711. The summed E-state index contributed by atoms with van der Waals surface area (Å²) in [4.78, 5) is 14.3. The fourth-order valence-corrected chi connectivity index (χ4v) is 3.10. The van der Waals surface area contributed by atoms with Gasteiger partial charge in [-0.25, -0.2) is 0 Å². The molecule has 0 radical (unpaired) electrons. The molecule has 20 heavy (non-hydrogen) atoms. The van der Waals surface area contributed by atoms with Crippen LogP contribution in [0.25, 0.3) is 0 Å². The summed E-state index contributed by atoms with van der Waals surface area (Å²) in [6.45, 7) is 5.40. The summed E-state index contributed by atoms with van der Waals surface area (Å²) < 4.78 is 10.8. The molecule has 0 amide bonds. The molecule has 5 heteroatoms. The molecule has 2 atom stereocenters. The molecule has 5 nitrogen and oxygen atoms in total. The maximum Gasteiger partial charge on any atom is 0.327 e. The molecule has 1 aliphatic heterocycles. The van der Waals surface area contributed by atoms with Gasteiger partial charge in [-0.3, -0.25) is 9.69 Å². The predicted molar refractivity (Wildman–Crippen MR) is 77.4 cm³/mol. The molecule has 1 aliphatic carbocycles. The van der Waals surface area contributed by atoms with Crippen molar-refractivity contribution in [2.24, 2.45) is 11.7 Å². The molecule has 1 saturated carbocycles. The molecule has 2 unspecified atom stereocenters. The smallest absolute Gasteiger partial charge is 0.327 e. The fourth-order valence-electron chi connectivity index (χ4n) is 3.10. The number of esters is 1. The van der Waals surface area contributed by atoms with Gasteiger partial charge in [-0.1, -0.05) is 6.92 Å². The van der Waals surface area contributed by atoms with E-state index in [0.717, 1.165) is 51.8 Å². The Balaban J connectivity index is 1.91. The van der Waals surface area contributed by atoms with Crippen molar-refractivity contribution in [2.45, 2.75) is 50.7 Å². The van der Waals surface area contributed by atoms with Gasteiger partial charge in [-0.2, -0.15) is 0 Å². The van der Waals surface area contributed by atoms with E-state index >= 15 is 0 Å². The molecular formula is C15H28N2O3. The number of nitrogens with two attached hydrogens (primary N) is 1. The zero-order valence-corrected chi connectivity index (χ0v) is 12.8. The van der Waals surface area contributed by atoms with Crippen molar-refractivity contribution in [2.75, 3.05) is 33.4 Å². The minimum Gasteiger partial charge on any atom is -0.468 e. The molecule has 2 aliphatic rings. The summed E-state index contributed by atoms with van der Waals surface area (Å²) in [6.07, 6.45) is 5.61. The van der Waals surface area contributed by atoms with E-state index in [1.807, 2.05) is 0 Å². The van der Waals surface area contributed by atoms with Gasteiger partial charge in [-0.05, 0) is 44.6 Å². The average Bonchev–Trinajstić information content (AvgIpc) is 3.29. The molecule has 1 heterocycles. The molecule has 0 spiro atoms. The van der Waals surface area contributed by atoms with Crippen LogP contribution in [0.5, 0.6) is 0 Å². The van der Waals surface area contributed by atoms with Crippen LogP contribution in [0.3, 0.4) is 0 Å². The largest absolute Gasteiger partial charge is 0.468 e. The minimum atomic E-state index is -0.832. The van der Waals surface area contributed by atoms with Crippen molar-refractivity contribution in [3.8, 4) is 0 Å². The van der Waals surface area contributed by atoms with Crippen molar-refractivity contribution in [3.63, 3.8) is 0 Å². The highest BCUT2D eigenvalue weighted by molar-refractivity contribution is 5.81. The maximum absolute atomic E-state index is 12.0. The molecule has 2 rings (SSSR count). The van der Waals surface area contributed by atoms with Gasteiger partial charge in [-0.15, -0.1) is 0 Å². The van der Waals surface area contributed by atoms with E-state index in [4.69, 9.17) is 15.2 Å². The number of ether oxygens (including phenoxy) is 2. The number of rotatable bonds is 7. The highest BCUT2D eigenvalue weighted by Gasteiger charge is 2.50. The number of hydrogen-bond donors (Lipinski definition) is 1. The SMILES string of the molecule is CCCOC1CCCN(CC(N)(C(=O)OC)C2CC2)C1. The molecule has 2 N–H and O–H groups in total. The monoisotopic (exact) mass is 284 g/mol. The molecule has 0 bridgehead atoms. The average molecular weight is 284 g/mol. The maximum atomic E-state index is 12.0. The van der Waals surface area contributed by atoms with Crippen LogP contribution in [0.1, 0.15) is 39.0 Å². The zero-order valence-electron chi connectivity index (χ0n) is 12.8. The number of hydrogen-bond acceptors (Lipinski definition) is 5. The van der Waals surface area contributed by atoms with E-state index < -0.39 is 5.54 Å². The van der Waals surface area contributed by atoms with Gasteiger partial charge in [0, 0.05) is 19.7 Å². The van der Waals surface area contributed by atoms with Crippen LogP contribution < -0.4 is 5.73 Å². The highest BCUT2D eigenvalue weighted by Crippen LogP contribution is 2.39. The Morgan fingerprint density at radius 2 is 2.15 bits per heavy atom. The lowest BCUT2D eigenvalue weighted by Gasteiger charge is -2.38. The van der Waals surface area contributed by atoms with Crippen molar-refractivity contribution in [1.29, 1.82) is 0 Å². The summed E-state index contributed by atoms with van der Waals surface area (Å²) in [5, 5.41) is 0. The van der Waals surface area contributed by atoms with Crippen molar-refractivity contribution < 1.29 is 14.3 Å². The molecule has 116 valence electrons. The summed E-state index contributed by atoms with van der Waals surface area (Å²) in [5.41, 5.74) is 5.54. The Kier molecular flexibility index (Phi) is 5.41. The normalized spacial score (nSPS) is 27.1. The number of carbonyl (C=O) groups excluding carboxylic acids is 1. The van der Waals surface area contributed by atoms with Crippen LogP contribution in [0, 0.1) is 5.92 Å². The summed E-state index contributed by atoms with van der Waals surface area (Å²) in [7, 11) is 1.43. The van der Waals surface area contributed by atoms with Gasteiger partial charge in [0.1, 0.15) is 5.54 Å². The zero-order chi connectivity index (χ0) is 14.6. The number of piperidine rings is 1. The van der Waals surface area contributed by atoms with E-state index in [1.54, 1.807) is 0 Å². The molecule has 2 fully saturated rings. The number of methoxy groups -OCH3 is 1. The number of nitrogens with zero attached hydrogens (tertiary/aromatic N) is 1. The van der Waals surface area contributed by atoms with Crippen molar-refractivity contribution in [3.05, 3.63) is 0 Å². The first-order valence-electron chi connectivity index (χ1n) is 7.81. The first-order valence-corrected chi connectivity index (χ1v) is 7.81. The third-order valence-electron chi connectivity index (χ3n) is 4.38. The lowest BCUT2D eigenvalue weighted by molar-refractivity contribution is -0.149. The van der Waals surface area contributed by atoms with Gasteiger partial charge in [0.25, 0.3) is 0 Å². The second kappa shape index (κ2) is 6.87. The highest BCUT2D eigenvalue weighted by atomic mass is 16.5. The number of carbonyl (C=O) groups is 1. The molecule has 0 aromatic rings. The first kappa shape index (κ1) is 15.7. The van der Waals surface area contributed by atoms with E-state index in [0.29, 0.717) is 6.54 Å². The van der Waals surface area contributed by atoms with Gasteiger partial charge in [0.15, 0.2) is 0 Å². The third-order valence-corrected chi connectivity index (χ3v) is 4.38. The topological polar surface area (TPSA) is 64.8 Å². The summed E-state index contributed by atoms with van der Waals surface area (Å²) in [6, 6.07) is 0. The van der Waals surface area contributed by atoms with E-state index in [9.17, 15) is 4.79 Å². The van der Waals surface area contributed by atoms with Crippen molar-refractivity contribution >= 4 is 5.97 Å². The third kappa shape index (κ3) is 3.71. The Labute approximate surface area is 121 Å². The lowest BCUT2D eigenvalue weighted by atomic mass is 9.92. The number of likely N-dealkylation sites (tertiary alicyclic amines) is 1.